The average molecular weight is 680 g/mol. The molecule has 0 atom stereocenters. The van der Waals surface area contributed by atoms with Gasteiger partial charge < -0.3 is 21.4 Å². The van der Waals surface area contributed by atoms with E-state index in [4.69, 9.17) is 15.2 Å². The van der Waals surface area contributed by atoms with Crippen LogP contribution in [0.2, 0.25) is 0 Å². The van der Waals surface area contributed by atoms with Crippen LogP contribution in [0.25, 0.3) is 0 Å². The van der Waals surface area contributed by atoms with Crippen LogP contribution < -0.4 is 113 Å². The van der Waals surface area contributed by atoms with Gasteiger partial charge in [-0.25, -0.2) is 9.97 Å². The van der Waals surface area contributed by atoms with Crippen molar-refractivity contribution < 1.29 is 138 Å². The van der Waals surface area contributed by atoms with E-state index in [0.717, 1.165) is 0 Å². The summed E-state index contributed by atoms with van der Waals surface area (Å²) in [5.74, 6) is -1.73. The minimum absolute atomic E-state index is 0. The molecule has 0 aliphatic carbocycles. The molecule has 0 aliphatic heterocycles. The molecule has 0 spiro atoms. The van der Waals surface area contributed by atoms with Crippen molar-refractivity contribution in [1.82, 2.24) is 9.97 Å². The van der Waals surface area contributed by atoms with Crippen LogP contribution in [-0.4, -0.2) is 33.6 Å². The summed E-state index contributed by atoms with van der Waals surface area (Å²) in [6.07, 6.45) is 2.65. The van der Waals surface area contributed by atoms with Crippen molar-refractivity contribution >= 4 is 60.9 Å². The van der Waals surface area contributed by atoms with Gasteiger partial charge in [0, 0.05) is 33.5 Å². The molecule has 0 fully saturated rings. The number of alkyl halides is 1. The fourth-order valence-electron chi connectivity index (χ4n) is 0.959. The molecule has 0 saturated heterocycles. The first-order chi connectivity index (χ1) is 11.8. The minimum Gasteiger partial charge on any atom is -1.00 e. The number of carbonyl (C=O) groups is 1. The molecule has 0 radical (unpaired) electrons. The zero-order valence-electron chi connectivity index (χ0n) is 15.8. The number of aromatic nitrogens is 2. The molecule has 2 aromatic rings. The summed E-state index contributed by atoms with van der Waals surface area (Å²) in [6.45, 7) is -0.181. The molecular formula is C13H13Br2F2IK2N2O5. The molecular weight excluding hydrogens is 667 g/mol. The average Bonchev–Trinajstić information content (AvgIpc) is 2.63. The van der Waals surface area contributed by atoms with E-state index in [9.17, 15) is 8.78 Å². The molecule has 2 heterocycles. The summed E-state index contributed by atoms with van der Waals surface area (Å²) in [6, 6.07) is 2.75. The minimum atomic E-state index is -0.849. The smallest absolute Gasteiger partial charge is 1.00 e. The molecule has 2 aromatic heterocycles. The van der Waals surface area contributed by atoms with E-state index in [0.29, 0.717) is 8.95 Å². The van der Waals surface area contributed by atoms with Crippen LogP contribution in [0, 0.1) is 11.9 Å². The molecule has 142 valence electrons. The van der Waals surface area contributed by atoms with Gasteiger partial charge in [-0.3, -0.25) is 4.79 Å². The summed E-state index contributed by atoms with van der Waals surface area (Å²) in [5, 5.41) is 17.1. The van der Waals surface area contributed by atoms with Crippen LogP contribution in [0.1, 0.15) is 1.43 Å². The van der Waals surface area contributed by atoms with E-state index < -0.39 is 17.6 Å². The van der Waals surface area contributed by atoms with Gasteiger partial charge in [-0.1, -0.05) is 22.6 Å². The van der Waals surface area contributed by atoms with Crippen molar-refractivity contribution in [2.24, 2.45) is 0 Å². The Kier molecular flexibility index (Phi) is 33.0. The second-order valence-electron chi connectivity index (χ2n) is 3.30. The van der Waals surface area contributed by atoms with Crippen molar-refractivity contribution in [1.29, 1.82) is 0 Å². The number of hydrogen-bond acceptors (Lipinski definition) is 7. The van der Waals surface area contributed by atoms with Crippen LogP contribution in [0.15, 0.2) is 33.5 Å². The van der Waals surface area contributed by atoms with Crippen molar-refractivity contribution in [3.8, 4) is 11.5 Å². The molecule has 14 heteroatoms. The maximum absolute atomic E-state index is 12.5. The van der Waals surface area contributed by atoms with Gasteiger partial charge >= 0.3 is 103 Å². The molecule has 0 unspecified atom stereocenters. The molecule has 0 aliphatic rings. The largest absolute Gasteiger partial charge is 1.00 e. The van der Waals surface area contributed by atoms with Gasteiger partial charge in [0.05, 0.1) is 7.11 Å². The van der Waals surface area contributed by atoms with Crippen molar-refractivity contribution in [2.75, 3.05) is 12.0 Å². The third-order valence-corrected chi connectivity index (χ3v) is 2.69. The fourth-order valence-corrected chi connectivity index (χ4v) is 1.59. The SMILES string of the molecule is CI.COc1cc(Br)cnc1F.O=CO[O-].Oc1cc(Br)cnc1F.[H-].[K+].[K+]. The molecule has 7 nitrogen and oxygen atoms in total. The van der Waals surface area contributed by atoms with Crippen molar-refractivity contribution in [2.45, 2.75) is 0 Å². The summed E-state index contributed by atoms with van der Waals surface area (Å²) >= 11 is 8.28. The first-order valence-electron chi connectivity index (χ1n) is 5.80. The van der Waals surface area contributed by atoms with Gasteiger partial charge in [-0.15, -0.1) is 0 Å². The van der Waals surface area contributed by atoms with Crippen LogP contribution in [0.5, 0.6) is 11.5 Å². The Hall–Kier alpha value is 2.15. The zero-order chi connectivity index (χ0) is 19.8. The molecule has 0 amide bonds. The Balaban J connectivity index is -0.0000000914. The number of halogens is 5. The van der Waals surface area contributed by atoms with Gasteiger partial charge in [-0.2, -0.15) is 8.78 Å². The Morgan fingerprint density at radius 2 is 1.56 bits per heavy atom. The molecule has 0 saturated carbocycles. The Bertz CT molecular complexity index is 658. The Morgan fingerprint density at radius 3 is 1.85 bits per heavy atom. The predicted molar refractivity (Wildman–Crippen MR) is 100 cm³/mol. The number of methoxy groups -OCH3 is 1. The van der Waals surface area contributed by atoms with E-state index in [1.54, 1.807) is 0 Å². The maximum atomic E-state index is 12.5. The summed E-state index contributed by atoms with van der Waals surface area (Å²) in [7, 11) is 1.40. The first kappa shape index (κ1) is 36.5. The van der Waals surface area contributed by atoms with E-state index in [1.165, 1.54) is 31.6 Å². The second-order valence-corrected chi connectivity index (χ2v) is 5.13. The fraction of sp³-hybridized carbons (Fsp3) is 0.154. The molecule has 1 N–H and O–H groups in total. The van der Waals surface area contributed by atoms with Gasteiger partial charge in [0.15, 0.2) is 11.5 Å². The maximum Gasteiger partial charge on any atom is 1.00 e. The van der Waals surface area contributed by atoms with Gasteiger partial charge in [0.2, 0.25) is 0 Å². The topological polar surface area (TPSA) is 105 Å². The van der Waals surface area contributed by atoms with Crippen molar-refractivity contribution in [3.63, 3.8) is 0 Å². The number of nitrogens with zero attached hydrogens (tertiary/aromatic N) is 2. The number of aromatic hydroxyl groups is 1. The summed E-state index contributed by atoms with van der Waals surface area (Å²) < 4.78 is 30.5. The summed E-state index contributed by atoms with van der Waals surface area (Å²) in [5.41, 5.74) is 0. The van der Waals surface area contributed by atoms with E-state index >= 15 is 0 Å². The van der Waals surface area contributed by atoms with Gasteiger partial charge in [0.1, 0.15) is 0 Å². The van der Waals surface area contributed by atoms with Crippen LogP contribution in [-0.2, 0) is 9.68 Å². The number of hydrogen-bond donors (Lipinski definition) is 1. The van der Waals surface area contributed by atoms with Crippen LogP contribution in [0.4, 0.5) is 8.78 Å². The van der Waals surface area contributed by atoms with E-state index in [-0.39, 0.29) is 116 Å². The third kappa shape index (κ3) is 19.8. The third-order valence-electron chi connectivity index (χ3n) is 1.82. The number of carbonyl (C=O) groups excluding carboxylic acids is 1. The monoisotopic (exact) mass is 678 g/mol. The van der Waals surface area contributed by atoms with E-state index in [1.807, 2.05) is 4.93 Å². The van der Waals surface area contributed by atoms with Gasteiger partial charge in [0.25, 0.3) is 18.4 Å². The zero-order valence-corrected chi connectivity index (χ0v) is 26.3. The number of pyridine rings is 2. The molecule has 27 heavy (non-hydrogen) atoms. The van der Waals surface area contributed by atoms with Crippen LogP contribution >= 0.6 is 54.5 Å². The normalized spacial score (nSPS) is 7.70. The number of ether oxygens (including phenoxy) is 1. The Morgan fingerprint density at radius 1 is 1.15 bits per heavy atom. The van der Waals surface area contributed by atoms with E-state index in [2.05, 4.69) is 74.0 Å². The molecule has 0 bridgehead atoms. The standard InChI is InChI=1S/C6H5BrFNO.C5H3BrFNO.CH3I.CH2O3.2K.H/c1-10-5-2-4(7)3-9-6(5)8;6-3-1-4(9)5(7)8-2-3;1-2;2-1-4-3;;;/h2-3H,1H3;1-2,9H;1H3;1,3H;;;/q;;;;2*+1;-1/p-1. The molecule has 2 rings (SSSR count). The van der Waals surface area contributed by atoms with Gasteiger partial charge in [-0.05, 0) is 36.8 Å². The molecule has 0 aromatic carbocycles. The number of rotatable bonds is 2. The Labute approximate surface area is 272 Å². The first-order valence-corrected chi connectivity index (χ1v) is 9.55. The summed E-state index contributed by atoms with van der Waals surface area (Å²) in [4.78, 5) is 19.8. The quantitative estimate of drug-likeness (QED) is 0.0701. The predicted octanol–water partition coefficient (Wildman–Crippen LogP) is -2.71. The second kappa shape index (κ2) is 24.4. The van der Waals surface area contributed by atoms with Crippen LogP contribution in [0.3, 0.4) is 0 Å². The van der Waals surface area contributed by atoms with Crippen molar-refractivity contribution in [3.05, 3.63) is 45.4 Å².